The van der Waals surface area contributed by atoms with Crippen molar-refractivity contribution in [1.82, 2.24) is 20.2 Å². The minimum Gasteiger partial charge on any atom is -0.372 e. The minimum atomic E-state index is -0.182. The normalized spacial score (nSPS) is 10.4. The largest absolute Gasteiger partial charge is 0.372 e. The van der Waals surface area contributed by atoms with Gasteiger partial charge in [0.05, 0.1) is 12.4 Å². The van der Waals surface area contributed by atoms with Crippen molar-refractivity contribution >= 4 is 11.7 Å². The minimum absolute atomic E-state index is 0.182. The number of anilines is 1. The number of nitrogens with zero attached hydrogens (tertiary/aromatic N) is 3. The van der Waals surface area contributed by atoms with Crippen molar-refractivity contribution < 1.29 is 4.79 Å². The average molecular weight is 237 g/mol. The van der Waals surface area contributed by atoms with Gasteiger partial charge in [0.1, 0.15) is 11.5 Å². The number of nitrogens with one attached hydrogen (secondary N) is 2. The molecule has 0 aliphatic heterocycles. The quantitative estimate of drug-likeness (QED) is 0.692. The van der Waals surface area contributed by atoms with Crippen molar-refractivity contribution in [3.63, 3.8) is 0 Å². The number of aromatic nitrogens is 2. The molecule has 0 spiro atoms. The molecule has 6 nitrogen and oxygen atoms in total. The molecule has 1 aromatic heterocycles. The molecule has 0 saturated heterocycles. The summed E-state index contributed by atoms with van der Waals surface area (Å²) in [7, 11) is 5.76. The van der Waals surface area contributed by atoms with E-state index in [1.807, 2.05) is 14.1 Å². The van der Waals surface area contributed by atoms with Crippen molar-refractivity contribution in [2.75, 3.05) is 39.5 Å². The highest BCUT2D eigenvalue weighted by Gasteiger charge is 2.06. The monoisotopic (exact) mass is 237 g/mol. The highest BCUT2D eigenvalue weighted by atomic mass is 16.1. The molecule has 0 aliphatic rings. The number of rotatable bonds is 6. The zero-order valence-electron chi connectivity index (χ0n) is 10.5. The Morgan fingerprint density at radius 1 is 1.35 bits per heavy atom. The van der Waals surface area contributed by atoms with E-state index in [9.17, 15) is 4.79 Å². The van der Waals surface area contributed by atoms with E-state index in [0.29, 0.717) is 18.1 Å². The maximum Gasteiger partial charge on any atom is 0.271 e. The Labute approximate surface area is 101 Å². The summed E-state index contributed by atoms with van der Waals surface area (Å²) in [6.07, 6.45) is 3.92. The first-order valence-corrected chi connectivity index (χ1v) is 5.56. The van der Waals surface area contributed by atoms with Gasteiger partial charge in [-0.25, -0.2) is 9.97 Å². The molecule has 2 N–H and O–H groups in total. The molecule has 1 rings (SSSR count). The van der Waals surface area contributed by atoms with Gasteiger partial charge in [-0.15, -0.1) is 0 Å². The first-order valence-electron chi connectivity index (χ1n) is 5.56. The van der Waals surface area contributed by atoms with E-state index in [-0.39, 0.29) is 5.91 Å². The van der Waals surface area contributed by atoms with Gasteiger partial charge < -0.3 is 15.5 Å². The van der Waals surface area contributed by atoms with Crippen molar-refractivity contribution in [3.8, 4) is 0 Å². The fourth-order valence-electron chi connectivity index (χ4n) is 1.26. The third-order valence-corrected chi connectivity index (χ3v) is 2.21. The van der Waals surface area contributed by atoms with Crippen molar-refractivity contribution in [2.45, 2.75) is 6.42 Å². The molecule has 0 atom stereocenters. The Hall–Kier alpha value is -1.69. The van der Waals surface area contributed by atoms with Crippen LogP contribution in [0, 0.1) is 0 Å². The zero-order chi connectivity index (χ0) is 12.7. The lowest BCUT2D eigenvalue weighted by Gasteiger charge is -2.09. The lowest BCUT2D eigenvalue weighted by molar-refractivity contribution is 0.0947. The van der Waals surface area contributed by atoms with Crippen LogP contribution in [0.2, 0.25) is 0 Å². The summed E-state index contributed by atoms with van der Waals surface area (Å²) in [5.74, 6) is 0.466. The Balaban J connectivity index is 2.36. The lowest BCUT2D eigenvalue weighted by atomic mass is 10.3. The van der Waals surface area contributed by atoms with Crippen LogP contribution >= 0.6 is 0 Å². The van der Waals surface area contributed by atoms with Crippen LogP contribution in [0.1, 0.15) is 16.9 Å². The molecular formula is C11H19N5O. The van der Waals surface area contributed by atoms with Crippen LogP contribution in [0.25, 0.3) is 0 Å². The van der Waals surface area contributed by atoms with Gasteiger partial charge in [-0.2, -0.15) is 0 Å². The molecule has 17 heavy (non-hydrogen) atoms. The highest BCUT2D eigenvalue weighted by molar-refractivity contribution is 5.91. The summed E-state index contributed by atoms with van der Waals surface area (Å²) >= 11 is 0. The van der Waals surface area contributed by atoms with Crippen LogP contribution < -0.4 is 10.6 Å². The van der Waals surface area contributed by atoms with Crippen molar-refractivity contribution in [1.29, 1.82) is 0 Å². The molecule has 0 saturated carbocycles. The van der Waals surface area contributed by atoms with E-state index in [1.165, 1.54) is 12.4 Å². The topological polar surface area (TPSA) is 70.2 Å². The van der Waals surface area contributed by atoms with Gasteiger partial charge in [-0.1, -0.05) is 0 Å². The van der Waals surface area contributed by atoms with Gasteiger partial charge in [-0.05, 0) is 27.1 Å². The van der Waals surface area contributed by atoms with Gasteiger partial charge >= 0.3 is 0 Å². The van der Waals surface area contributed by atoms with Crippen molar-refractivity contribution in [2.24, 2.45) is 0 Å². The van der Waals surface area contributed by atoms with Crippen LogP contribution in [-0.4, -0.2) is 55.0 Å². The average Bonchev–Trinajstić information content (AvgIpc) is 2.34. The van der Waals surface area contributed by atoms with E-state index in [4.69, 9.17) is 0 Å². The number of carbonyl (C=O) groups is 1. The molecule has 0 unspecified atom stereocenters. The molecule has 1 amide bonds. The maximum absolute atomic E-state index is 11.6. The fraction of sp³-hybridized carbons (Fsp3) is 0.545. The molecule has 0 aliphatic carbocycles. The van der Waals surface area contributed by atoms with Gasteiger partial charge in [0, 0.05) is 13.6 Å². The van der Waals surface area contributed by atoms with Gasteiger partial charge in [0.2, 0.25) is 0 Å². The van der Waals surface area contributed by atoms with Crippen LogP contribution in [0.3, 0.4) is 0 Å². The zero-order valence-corrected chi connectivity index (χ0v) is 10.5. The molecule has 1 aromatic rings. The van der Waals surface area contributed by atoms with Gasteiger partial charge in [0.25, 0.3) is 5.91 Å². The van der Waals surface area contributed by atoms with E-state index in [2.05, 4.69) is 25.5 Å². The second kappa shape index (κ2) is 6.80. The third kappa shape index (κ3) is 4.78. The van der Waals surface area contributed by atoms with E-state index >= 15 is 0 Å². The summed E-state index contributed by atoms with van der Waals surface area (Å²) in [6.45, 7) is 1.59. The van der Waals surface area contributed by atoms with E-state index in [1.54, 1.807) is 7.05 Å². The van der Waals surface area contributed by atoms with Gasteiger partial charge in [0.15, 0.2) is 0 Å². The van der Waals surface area contributed by atoms with Crippen LogP contribution in [-0.2, 0) is 0 Å². The van der Waals surface area contributed by atoms with Gasteiger partial charge in [-0.3, -0.25) is 4.79 Å². The molecule has 94 valence electrons. The number of amides is 1. The second-order valence-corrected chi connectivity index (χ2v) is 3.95. The van der Waals surface area contributed by atoms with Crippen LogP contribution in [0.5, 0.6) is 0 Å². The summed E-state index contributed by atoms with van der Waals surface area (Å²) in [5, 5.41) is 5.65. The second-order valence-electron chi connectivity index (χ2n) is 3.95. The standard InChI is InChI=1S/C11H19N5O/c1-12-10-8-14-9(7-15-10)11(17)13-5-4-6-16(2)3/h7-8H,4-6H2,1-3H3,(H,12,15)(H,13,17). The lowest BCUT2D eigenvalue weighted by Crippen LogP contribution is -2.27. The predicted octanol–water partition coefficient (Wildman–Crippen LogP) is 0.200. The highest BCUT2D eigenvalue weighted by Crippen LogP contribution is 1.99. The Bertz CT molecular complexity index is 349. The Kier molecular flexibility index (Phi) is 5.35. The van der Waals surface area contributed by atoms with E-state index < -0.39 is 0 Å². The smallest absolute Gasteiger partial charge is 0.271 e. The number of hydrogen-bond acceptors (Lipinski definition) is 5. The first-order chi connectivity index (χ1) is 8.13. The summed E-state index contributed by atoms with van der Waals surface area (Å²) in [5.41, 5.74) is 0.342. The fourth-order valence-corrected chi connectivity index (χ4v) is 1.26. The third-order valence-electron chi connectivity index (χ3n) is 2.21. The SMILES string of the molecule is CNc1cnc(C(=O)NCCCN(C)C)cn1. The predicted molar refractivity (Wildman–Crippen MR) is 67.1 cm³/mol. The number of carbonyl (C=O) groups excluding carboxylic acids is 1. The molecule has 6 heteroatoms. The summed E-state index contributed by atoms with van der Waals surface area (Å²) < 4.78 is 0. The van der Waals surface area contributed by atoms with Crippen LogP contribution in [0.15, 0.2) is 12.4 Å². The number of hydrogen-bond donors (Lipinski definition) is 2. The van der Waals surface area contributed by atoms with Crippen LogP contribution in [0.4, 0.5) is 5.82 Å². The summed E-state index contributed by atoms with van der Waals surface area (Å²) in [6, 6.07) is 0. The molecule has 0 radical (unpaired) electrons. The maximum atomic E-state index is 11.6. The molecule has 0 fully saturated rings. The molecule has 0 aromatic carbocycles. The molecule has 1 heterocycles. The molecular weight excluding hydrogens is 218 g/mol. The van der Waals surface area contributed by atoms with Crippen molar-refractivity contribution in [3.05, 3.63) is 18.1 Å². The van der Waals surface area contributed by atoms with E-state index in [0.717, 1.165) is 13.0 Å². The molecule has 0 bridgehead atoms. The first kappa shape index (κ1) is 13.4. The Morgan fingerprint density at radius 3 is 2.65 bits per heavy atom. The summed E-state index contributed by atoms with van der Waals surface area (Å²) in [4.78, 5) is 21.8. The Morgan fingerprint density at radius 2 is 2.12 bits per heavy atom.